The van der Waals surface area contributed by atoms with E-state index in [-0.39, 0.29) is 0 Å². The number of morpholine rings is 1. The average Bonchev–Trinajstić information content (AvgIpc) is 2.28. The lowest BCUT2D eigenvalue weighted by Gasteiger charge is -2.45. The molecule has 5 heteroatoms. The van der Waals surface area contributed by atoms with Gasteiger partial charge in [-0.2, -0.15) is 0 Å². The molecular weight excluding hydrogens is 222 g/mol. The van der Waals surface area contributed by atoms with Crippen molar-refractivity contribution < 1.29 is 19.3 Å². The lowest BCUT2D eigenvalue weighted by Crippen LogP contribution is -2.60. The molecule has 2 bridgehead atoms. The second-order valence-corrected chi connectivity index (χ2v) is 5.09. The molecule has 2 heterocycles. The molecule has 0 radical (unpaired) electrons. The first-order valence-electron chi connectivity index (χ1n) is 6.35. The molecule has 100 valence electrons. The maximum Gasteiger partial charge on any atom is 0.0701 e. The topological polar surface area (TPSA) is 60.0 Å². The van der Waals surface area contributed by atoms with Gasteiger partial charge in [0.25, 0.3) is 0 Å². The van der Waals surface area contributed by atoms with Crippen LogP contribution in [0.2, 0.25) is 0 Å². The first kappa shape index (κ1) is 13.2. The first-order valence-corrected chi connectivity index (χ1v) is 6.35. The summed E-state index contributed by atoms with van der Waals surface area (Å²) < 4.78 is 15.8. The second kappa shape index (κ2) is 6.11. The Morgan fingerprint density at radius 1 is 1.24 bits per heavy atom. The Morgan fingerprint density at radius 3 is 2.59 bits per heavy atom. The molecular formula is C12H23NO4. The van der Waals surface area contributed by atoms with Crippen molar-refractivity contribution in [1.29, 1.82) is 0 Å². The predicted molar refractivity (Wildman–Crippen MR) is 63.0 cm³/mol. The van der Waals surface area contributed by atoms with Gasteiger partial charge in [0.05, 0.1) is 32.0 Å². The Kier molecular flexibility index (Phi) is 4.76. The van der Waals surface area contributed by atoms with E-state index in [0.717, 1.165) is 12.8 Å². The molecule has 17 heavy (non-hydrogen) atoms. The van der Waals surface area contributed by atoms with E-state index < -0.39 is 5.60 Å². The van der Waals surface area contributed by atoms with Crippen LogP contribution < -0.4 is 5.32 Å². The van der Waals surface area contributed by atoms with Crippen LogP contribution in [-0.2, 0) is 14.2 Å². The molecule has 2 aliphatic rings. The van der Waals surface area contributed by atoms with Gasteiger partial charge in [-0.1, -0.05) is 0 Å². The maximum absolute atomic E-state index is 10.5. The summed E-state index contributed by atoms with van der Waals surface area (Å²) >= 11 is 0. The Hall–Kier alpha value is -0.200. The summed E-state index contributed by atoms with van der Waals surface area (Å²) in [7, 11) is 1.66. The van der Waals surface area contributed by atoms with Gasteiger partial charge in [0.1, 0.15) is 0 Å². The summed E-state index contributed by atoms with van der Waals surface area (Å²) in [5.74, 6) is 0. The van der Waals surface area contributed by atoms with E-state index in [9.17, 15) is 5.11 Å². The molecule has 0 spiro atoms. The molecule has 0 aromatic carbocycles. The van der Waals surface area contributed by atoms with Crippen molar-refractivity contribution in [3.05, 3.63) is 0 Å². The van der Waals surface area contributed by atoms with Crippen molar-refractivity contribution in [1.82, 2.24) is 5.32 Å². The number of fused-ring (bicyclic) bond motifs is 2. The normalized spacial score (nSPS) is 37.1. The lowest BCUT2D eigenvalue weighted by molar-refractivity contribution is -0.0901. The van der Waals surface area contributed by atoms with Gasteiger partial charge in [-0.25, -0.2) is 0 Å². The third-order valence-electron chi connectivity index (χ3n) is 3.51. The van der Waals surface area contributed by atoms with Crippen molar-refractivity contribution >= 4 is 0 Å². The zero-order chi connectivity index (χ0) is 12.1. The highest BCUT2D eigenvalue weighted by atomic mass is 16.5. The van der Waals surface area contributed by atoms with E-state index in [1.807, 2.05) is 0 Å². The zero-order valence-corrected chi connectivity index (χ0v) is 10.5. The Balaban J connectivity index is 1.71. The van der Waals surface area contributed by atoms with Gasteiger partial charge >= 0.3 is 0 Å². The number of hydrogen-bond donors (Lipinski definition) is 2. The largest absolute Gasteiger partial charge is 0.390 e. The smallest absolute Gasteiger partial charge is 0.0701 e. The van der Waals surface area contributed by atoms with E-state index in [0.29, 0.717) is 51.5 Å². The minimum atomic E-state index is -0.586. The monoisotopic (exact) mass is 245 g/mol. The van der Waals surface area contributed by atoms with Crippen LogP contribution in [0.4, 0.5) is 0 Å². The molecule has 0 aliphatic carbocycles. The minimum Gasteiger partial charge on any atom is -0.390 e. The minimum absolute atomic E-state index is 0.298. The molecule has 2 atom stereocenters. The number of methoxy groups -OCH3 is 1. The third-order valence-corrected chi connectivity index (χ3v) is 3.51. The number of hydrogen-bond acceptors (Lipinski definition) is 5. The van der Waals surface area contributed by atoms with Crippen molar-refractivity contribution in [2.75, 3.05) is 40.1 Å². The molecule has 0 saturated carbocycles. The van der Waals surface area contributed by atoms with Gasteiger partial charge < -0.3 is 24.6 Å². The quantitative estimate of drug-likeness (QED) is 0.641. The van der Waals surface area contributed by atoms with E-state index in [4.69, 9.17) is 14.2 Å². The number of nitrogens with one attached hydrogen (secondary N) is 1. The van der Waals surface area contributed by atoms with Crippen molar-refractivity contribution in [2.45, 2.75) is 36.9 Å². The lowest BCUT2D eigenvalue weighted by atomic mass is 9.81. The first-order chi connectivity index (χ1) is 8.22. The van der Waals surface area contributed by atoms with Crippen molar-refractivity contribution in [2.24, 2.45) is 0 Å². The van der Waals surface area contributed by atoms with Gasteiger partial charge in [0.2, 0.25) is 0 Å². The maximum atomic E-state index is 10.5. The van der Waals surface area contributed by atoms with Gasteiger partial charge in [-0.05, 0) is 19.3 Å². The van der Waals surface area contributed by atoms with Gasteiger partial charge in [0, 0.05) is 25.8 Å². The Labute approximate surface area is 102 Å². The fourth-order valence-electron chi connectivity index (χ4n) is 2.73. The molecule has 5 nitrogen and oxygen atoms in total. The van der Waals surface area contributed by atoms with Crippen LogP contribution in [0.5, 0.6) is 0 Å². The molecule has 2 saturated heterocycles. The number of ether oxygens (including phenoxy) is 3. The highest BCUT2D eigenvalue weighted by Gasteiger charge is 2.40. The van der Waals surface area contributed by atoms with E-state index >= 15 is 0 Å². The van der Waals surface area contributed by atoms with E-state index in [1.54, 1.807) is 7.11 Å². The zero-order valence-electron chi connectivity index (χ0n) is 10.5. The molecule has 0 amide bonds. The molecule has 0 aromatic rings. The molecule has 2 aliphatic heterocycles. The SMILES string of the molecule is COCCOCCC1(O)CC2COCC(C1)N2. The van der Waals surface area contributed by atoms with Gasteiger partial charge in [-0.3, -0.25) is 0 Å². The van der Waals surface area contributed by atoms with E-state index in [2.05, 4.69) is 5.32 Å². The average molecular weight is 245 g/mol. The molecule has 2 N–H and O–H groups in total. The third kappa shape index (κ3) is 3.89. The summed E-state index contributed by atoms with van der Waals surface area (Å²) in [5.41, 5.74) is -0.586. The Morgan fingerprint density at radius 2 is 1.94 bits per heavy atom. The van der Waals surface area contributed by atoms with Crippen LogP contribution in [0.3, 0.4) is 0 Å². The van der Waals surface area contributed by atoms with Crippen LogP contribution in [0, 0.1) is 0 Å². The number of aliphatic hydroxyl groups is 1. The summed E-state index contributed by atoms with van der Waals surface area (Å²) in [6.07, 6.45) is 2.22. The standard InChI is InChI=1S/C12H23NO4/c1-15-4-5-16-3-2-12(14)6-10-8-17-9-11(7-12)13-10/h10-11,13-14H,2-9H2,1H3. The van der Waals surface area contributed by atoms with Crippen LogP contribution in [0.25, 0.3) is 0 Å². The van der Waals surface area contributed by atoms with Gasteiger partial charge in [0.15, 0.2) is 0 Å². The van der Waals surface area contributed by atoms with Crippen LogP contribution >= 0.6 is 0 Å². The van der Waals surface area contributed by atoms with E-state index in [1.165, 1.54) is 0 Å². The Bertz CT molecular complexity index is 225. The predicted octanol–water partition coefficient (Wildman–Crippen LogP) is -0.0786. The van der Waals surface area contributed by atoms with Crippen LogP contribution in [-0.4, -0.2) is 62.9 Å². The summed E-state index contributed by atoms with van der Waals surface area (Å²) in [4.78, 5) is 0. The number of piperidine rings is 1. The molecule has 2 rings (SSSR count). The van der Waals surface area contributed by atoms with Crippen molar-refractivity contribution in [3.8, 4) is 0 Å². The second-order valence-electron chi connectivity index (χ2n) is 5.09. The fourth-order valence-corrected chi connectivity index (χ4v) is 2.73. The highest BCUT2D eigenvalue weighted by molar-refractivity contribution is 4.97. The molecule has 0 aromatic heterocycles. The summed E-state index contributed by atoms with van der Waals surface area (Å²) in [6, 6.07) is 0.595. The highest BCUT2D eigenvalue weighted by Crippen LogP contribution is 2.30. The van der Waals surface area contributed by atoms with Crippen molar-refractivity contribution in [3.63, 3.8) is 0 Å². The molecule has 2 unspecified atom stereocenters. The fraction of sp³-hybridized carbons (Fsp3) is 1.00. The summed E-state index contributed by atoms with van der Waals surface area (Å²) in [5, 5.41) is 14.0. The summed E-state index contributed by atoms with van der Waals surface area (Å²) in [6.45, 7) is 3.23. The van der Waals surface area contributed by atoms with Crippen LogP contribution in [0.15, 0.2) is 0 Å². The number of rotatable bonds is 6. The van der Waals surface area contributed by atoms with Gasteiger partial charge in [-0.15, -0.1) is 0 Å². The van der Waals surface area contributed by atoms with Crippen LogP contribution in [0.1, 0.15) is 19.3 Å². The molecule has 2 fully saturated rings.